The van der Waals surface area contributed by atoms with Crippen molar-refractivity contribution in [1.29, 1.82) is 0 Å². The Balaban J connectivity index is 2.42. The minimum Gasteiger partial charge on any atom is -0.497 e. The van der Waals surface area contributed by atoms with Crippen molar-refractivity contribution in [2.24, 2.45) is 0 Å². The molecule has 104 valence electrons. The van der Waals surface area contributed by atoms with Gasteiger partial charge in [-0.05, 0) is 30.5 Å². The van der Waals surface area contributed by atoms with E-state index in [1.165, 1.54) is 0 Å². The van der Waals surface area contributed by atoms with Gasteiger partial charge < -0.3 is 15.2 Å². The minimum atomic E-state index is -1.000. The second-order valence-electron chi connectivity index (χ2n) is 4.21. The van der Waals surface area contributed by atoms with Crippen LogP contribution >= 0.6 is 0 Å². The van der Waals surface area contributed by atoms with Gasteiger partial charge in [-0.15, -0.1) is 0 Å². The molecule has 0 bridgehead atoms. The predicted molar refractivity (Wildman–Crippen MR) is 71.2 cm³/mol. The molecule has 0 saturated carbocycles. The van der Waals surface area contributed by atoms with Gasteiger partial charge in [0.15, 0.2) is 0 Å². The highest BCUT2D eigenvalue weighted by Gasteiger charge is 2.16. The van der Waals surface area contributed by atoms with Crippen LogP contribution in [0.1, 0.15) is 25.3 Å². The first-order valence-electron chi connectivity index (χ1n) is 6.22. The number of hydrogen-bond donors (Lipinski definition) is 2. The quantitative estimate of drug-likeness (QED) is 0.785. The van der Waals surface area contributed by atoms with Crippen LogP contribution in [0.4, 0.5) is 0 Å². The summed E-state index contributed by atoms with van der Waals surface area (Å²) >= 11 is 0. The summed E-state index contributed by atoms with van der Waals surface area (Å²) in [5.74, 6) is -0.476. The van der Waals surface area contributed by atoms with Crippen LogP contribution in [0.3, 0.4) is 0 Å². The zero-order valence-corrected chi connectivity index (χ0v) is 11.2. The van der Waals surface area contributed by atoms with Crippen LogP contribution in [0.2, 0.25) is 0 Å². The molecule has 0 saturated heterocycles. The number of aliphatic carboxylic acids is 1. The Kier molecular flexibility index (Phi) is 5.85. The van der Waals surface area contributed by atoms with Gasteiger partial charge in [0.25, 0.3) is 0 Å². The van der Waals surface area contributed by atoms with Crippen LogP contribution in [-0.4, -0.2) is 30.1 Å². The molecule has 0 aliphatic rings. The first-order valence-corrected chi connectivity index (χ1v) is 6.22. The number of carboxylic acids is 1. The normalized spacial score (nSPS) is 11.7. The van der Waals surface area contributed by atoms with Crippen molar-refractivity contribution in [2.75, 3.05) is 7.11 Å². The van der Waals surface area contributed by atoms with Crippen molar-refractivity contribution in [3.63, 3.8) is 0 Å². The largest absolute Gasteiger partial charge is 0.497 e. The van der Waals surface area contributed by atoms with Crippen molar-refractivity contribution >= 4 is 11.9 Å². The Morgan fingerprint density at radius 3 is 2.42 bits per heavy atom. The fourth-order valence-electron chi connectivity index (χ4n) is 1.65. The van der Waals surface area contributed by atoms with Crippen molar-refractivity contribution in [3.05, 3.63) is 29.8 Å². The molecular formula is C14H19NO4. The maximum Gasteiger partial charge on any atom is 0.326 e. The molecule has 0 heterocycles. The third-order valence-electron chi connectivity index (χ3n) is 2.84. The predicted octanol–water partition coefficient (Wildman–Crippen LogP) is 1.61. The van der Waals surface area contributed by atoms with E-state index in [0.717, 1.165) is 11.3 Å². The van der Waals surface area contributed by atoms with Crippen LogP contribution in [0.15, 0.2) is 24.3 Å². The first kappa shape index (κ1) is 15.0. The van der Waals surface area contributed by atoms with Crippen LogP contribution in [0.5, 0.6) is 5.75 Å². The Labute approximate surface area is 112 Å². The number of hydrogen-bond acceptors (Lipinski definition) is 3. The third kappa shape index (κ3) is 4.99. The molecule has 5 heteroatoms. The van der Waals surface area contributed by atoms with Gasteiger partial charge in [-0.3, -0.25) is 4.79 Å². The zero-order valence-electron chi connectivity index (χ0n) is 11.2. The fraction of sp³-hybridized carbons (Fsp3) is 0.429. The molecule has 0 radical (unpaired) electrons. The molecule has 0 fully saturated rings. The van der Waals surface area contributed by atoms with Crippen LogP contribution in [-0.2, 0) is 16.0 Å². The van der Waals surface area contributed by atoms with Gasteiger partial charge in [0.1, 0.15) is 11.8 Å². The molecule has 0 aromatic heterocycles. The number of aryl methyl sites for hydroxylation is 1. The number of methoxy groups -OCH3 is 1. The topological polar surface area (TPSA) is 75.6 Å². The molecule has 5 nitrogen and oxygen atoms in total. The Morgan fingerprint density at radius 2 is 1.95 bits per heavy atom. The van der Waals surface area contributed by atoms with E-state index >= 15 is 0 Å². The second-order valence-corrected chi connectivity index (χ2v) is 4.21. The summed E-state index contributed by atoms with van der Waals surface area (Å²) in [6, 6.07) is 6.64. The maximum absolute atomic E-state index is 11.6. The van der Waals surface area contributed by atoms with Crippen molar-refractivity contribution in [1.82, 2.24) is 5.32 Å². The van der Waals surface area contributed by atoms with Crippen molar-refractivity contribution in [2.45, 2.75) is 32.2 Å². The van der Waals surface area contributed by atoms with E-state index in [-0.39, 0.29) is 12.3 Å². The number of carboxylic acid groups (broad SMARTS) is 1. The number of ether oxygens (including phenoxy) is 1. The lowest BCUT2D eigenvalue weighted by atomic mass is 10.1. The Hall–Kier alpha value is -2.04. The standard InChI is InChI=1S/C14H19NO4/c1-3-12(14(17)18)15-13(16)9-6-10-4-7-11(19-2)8-5-10/h4-5,7-8,12H,3,6,9H2,1-2H3,(H,15,16)(H,17,18). The SMILES string of the molecule is CCC(NC(=O)CCc1ccc(OC)cc1)C(=O)O. The monoisotopic (exact) mass is 265 g/mol. The number of nitrogens with one attached hydrogen (secondary N) is 1. The van der Waals surface area contributed by atoms with E-state index in [2.05, 4.69) is 5.32 Å². The summed E-state index contributed by atoms with van der Waals surface area (Å²) < 4.78 is 5.04. The first-order chi connectivity index (χ1) is 9.06. The van der Waals surface area contributed by atoms with Gasteiger partial charge in [0.2, 0.25) is 5.91 Å². The molecule has 19 heavy (non-hydrogen) atoms. The third-order valence-corrected chi connectivity index (χ3v) is 2.84. The lowest BCUT2D eigenvalue weighted by molar-refractivity contribution is -0.141. The van der Waals surface area contributed by atoms with E-state index in [4.69, 9.17) is 9.84 Å². The highest BCUT2D eigenvalue weighted by molar-refractivity contribution is 5.83. The summed E-state index contributed by atoms with van der Waals surface area (Å²) in [4.78, 5) is 22.4. The fourth-order valence-corrected chi connectivity index (χ4v) is 1.65. The molecule has 2 N–H and O–H groups in total. The number of carbonyl (C=O) groups is 2. The maximum atomic E-state index is 11.6. The molecule has 0 aliphatic carbocycles. The number of carbonyl (C=O) groups excluding carboxylic acids is 1. The average Bonchev–Trinajstić information content (AvgIpc) is 2.42. The van der Waals surface area contributed by atoms with Gasteiger partial charge in [-0.2, -0.15) is 0 Å². The highest BCUT2D eigenvalue weighted by Crippen LogP contribution is 2.12. The molecule has 0 aliphatic heterocycles. The zero-order chi connectivity index (χ0) is 14.3. The molecule has 1 unspecified atom stereocenters. The van der Waals surface area contributed by atoms with E-state index < -0.39 is 12.0 Å². The van der Waals surface area contributed by atoms with Crippen LogP contribution in [0, 0.1) is 0 Å². The summed E-state index contributed by atoms with van der Waals surface area (Å²) in [6.45, 7) is 1.72. The van der Waals surface area contributed by atoms with Crippen LogP contribution < -0.4 is 10.1 Å². The number of amides is 1. The van der Waals surface area contributed by atoms with Crippen molar-refractivity contribution < 1.29 is 19.4 Å². The molecule has 1 atom stereocenters. The molecule has 0 spiro atoms. The number of benzene rings is 1. The van der Waals surface area contributed by atoms with Crippen molar-refractivity contribution in [3.8, 4) is 5.75 Å². The minimum absolute atomic E-state index is 0.245. The lowest BCUT2D eigenvalue weighted by Crippen LogP contribution is -2.40. The van der Waals surface area contributed by atoms with Gasteiger partial charge in [-0.25, -0.2) is 4.79 Å². The molecular weight excluding hydrogens is 246 g/mol. The summed E-state index contributed by atoms with van der Waals surface area (Å²) in [5, 5.41) is 11.3. The summed E-state index contributed by atoms with van der Waals surface area (Å²) in [5.41, 5.74) is 1.01. The lowest BCUT2D eigenvalue weighted by Gasteiger charge is -2.12. The molecule has 1 amide bonds. The smallest absolute Gasteiger partial charge is 0.326 e. The number of rotatable bonds is 7. The van der Waals surface area contributed by atoms with Gasteiger partial charge in [0, 0.05) is 6.42 Å². The van der Waals surface area contributed by atoms with E-state index in [1.54, 1.807) is 14.0 Å². The summed E-state index contributed by atoms with van der Waals surface area (Å²) in [6.07, 6.45) is 1.23. The van der Waals surface area contributed by atoms with Gasteiger partial charge >= 0.3 is 5.97 Å². The van der Waals surface area contributed by atoms with E-state index in [0.29, 0.717) is 12.8 Å². The molecule has 1 aromatic carbocycles. The molecule has 1 aromatic rings. The molecule has 1 rings (SSSR count). The van der Waals surface area contributed by atoms with Gasteiger partial charge in [-0.1, -0.05) is 19.1 Å². The average molecular weight is 265 g/mol. The Bertz CT molecular complexity index is 428. The Morgan fingerprint density at radius 1 is 1.32 bits per heavy atom. The van der Waals surface area contributed by atoms with Crippen LogP contribution in [0.25, 0.3) is 0 Å². The summed E-state index contributed by atoms with van der Waals surface area (Å²) in [7, 11) is 1.60. The van der Waals surface area contributed by atoms with Gasteiger partial charge in [0.05, 0.1) is 7.11 Å². The van der Waals surface area contributed by atoms with E-state index in [1.807, 2.05) is 24.3 Å². The van der Waals surface area contributed by atoms with E-state index in [9.17, 15) is 9.59 Å². The highest BCUT2D eigenvalue weighted by atomic mass is 16.5. The second kappa shape index (κ2) is 7.41.